The molecule has 0 aliphatic carbocycles. The molecule has 2 atom stereocenters. The van der Waals surface area contributed by atoms with E-state index in [0.717, 1.165) is 11.8 Å². The number of sulfonamides is 1. The van der Waals surface area contributed by atoms with E-state index in [1.807, 2.05) is 30.3 Å². The van der Waals surface area contributed by atoms with Crippen LogP contribution in [0.4, 0.5) is 5.69 Å². The first-order chi connectivity index (χ1) is 17.2. The Kier molecular flexibility index (Phi) is 7.93. The van der Waals surface area contributed by atoms with Crippen molar-refractivity contribution in [3.8, 4) is 5.75 Å². The topological polar surface area (TPSA) is 105 Å². The molecule has 0 saturated carbocycles. The Bertz CT molecular complexity index is 1330. The van der Waals surface area contributed by atoms with Crippen molar-refractivity contribution >= 4 is 39.1 Å². The van der Waals surface area contributed by atoms with Gasteiger partial charge in [-0.15, -0.1) is 0 Å². The zero-order valence-electron chi connectivity index (χ0n) is 19.6. The summed E-state index contributed by atoms with van der Waals surface area (Å²) in [4.78, 5) is 27.9. The summed E-state index contributed by atoms with van der Waals surface area (Å²) in [7, 11) is -3.62. The molecule has 8 nitrogen and oxygen atoms in total. The zero-order valence-corrected chi connectivity index (χ0v) is 21.1. The summed E-state index contributed by atoms with van der Waals surface area (Å²) < 4.78 is 32.5. The van der Waals surface area contributed by atoms with Gasteiger partial charge in [0, 0.05) is 18.0 Å². The molecule has 0 spiro atoms. The quantitative estimate of drug-likeness (QED) is 0.467. The van der Waals surface area contributed by atoms with Crippen molar-refractivity contribution in [2.24, 2.45) is 0 Å². The monoisotopic (exact) mass is 527 g/mol. The number of benzene rings is 3. The molecule has 0 unspecified atom stereocenters. The number of ether oxygens (including phenoxy) is 1. The highest BCUT2D eigenvalue weighted by molar-refractivity contribution is 7.88. The Balaban J connectivity index is 1.54. The molecule has 2 N–H and O–H groups in total. The van der Waals surface area contributed by atoms with Gasteiger partial charge in [0.15, 0.2) is 6.10 Å². The average molecular weight is 528 g/mol. The third kappa shape index (κ3) is 6.63. The van der Waals surface area contributed by atoms with Crippen molar-refractivity contribution in [1.82, 2.24) is 10.0 Å². The van der Waals surface area contributed by atoms with Crippen LogP contribution in [0.3, 0.4) is 0 Å². The van der Waals surface area contributed by atoms with E-state index in [1.165, 1.54) is 4.90 Å². The van der Waals surface area contributed by atoms with Crippen molar-refractivity contribution in [3.05, 3.63) is 95.0 Å². The third-order valence-corrected chi connectivity index (χ3v) is 6.65. The van der Waals surface area contributed by atoms with Crippen LogP contribution in [0.2, 0.25) is 5.02 Å². The van der Waals surface area contributed by atoms with Crippen LogP contribution in [0.1, 0.15) is 23.6 Å². The van der Waals surface area contributed by atoms with Crippen LogP contribution in [0.5, 0.6) is 5.75 Å². The maximum Gasteiger partial charge on any atom is 0.263 e. The fraction of sp³-hybridized carbons (Fsp3) is 0.231. The molecule has 10 heteroatoms. The van der Waals surface area contributed by atoms with Crippen LogP contribution in [0.15, 0.2) is 78.9 Å². The second kappa shape index (κ2) is 11.1. The minimum Gasteiger partial charge on any atom is -0.477 e. The van der Waals surface area contributed by atoms with E-state index < -0.39 is 22.2 Å². The molecule has 1 aliphatic rings. The van der Waals surface area contributed by atoms with Crippen molar-refractivity contribution in [2.45, 2.75) is 25.1 Å². The van der Waals surface area contributed by atoms with Gasteiger partial charge in [-0.05, 0) is 35.4 Å². The highest BCUT2D eigenvalue weighted by Crippen LogP contribution is 2.34. The van der Waals surface area contributed by atoms with Crippen LogP contribution in [-0.2, 0) is 26.2 Å². The Morgan fingerprint density at radius 3 is 2.39 bits per heavy atom. The molecule has 0 fully saturated rings. The van der Waals surface area contributed by atoms with E-state index >= 15 is 0 Å². The predicted molar refractivity (Wildman–Crippen MR) is 138 cm³/mol. The minimum atomic E-state index is -3.62. The zero-order chi connectivity index (χ0) is 25.7. The van der Waals surface area contributed by atoms with Gasteiger partial charge in [0.25, 0.3) is 5.91 Å². The van der Waals surface area contributed by atoms with Crippen molar-refractivity contribution in [2.75, 3.05) is 17.7 Å². The number of fused-ring (bicyclic) bond motifs is 1. The second-order valence-corrected chi connectivity index (χ2v) is 10.7. The number of anilines is 1. The van der Waals surface area contributed by atoms with E-state index in [9.17, 15) is 18.0 Å². The minimum absolute atomic E-state index is 0.0112. The molecule has 0 saturated heterocycles. The summed E-state index contributed by atoms with van der Waals surface area (Å²) in [6, 6.07) is 22.2. The molecular formula is C26H26ClN3O5S. The maximum atomic E-state index is 13.5. The van der Waals surface area contributed by atoms with E-state index in [2.05, 4.69) is 10.0 Å². The third-order valence-electron chi connectivity index (χ3n) is 5.68. The van der Waals surface area contributed by atoms with Crippen LogP contribution in [-0.4, -0.2) is 39.1 Å². The molecule has 4 rings (SSSR count). The molecule has 36 heavy (non-hydrogen) atoms. The highest BCUT2D eigenvalue weighted by Gasteiger charge is 2.35. The summed E-state index contributed by atoms with van der Waals surface area (Å²) in [5.41, 5.74) is 2.05. The van der Waals surface area contributed by atoms with E-state index in [-0.39, 0.29) is 24.8 Å². The number of nitrogens with one attached hydrogen (secondary N) is 2. The van der Waals surface area contributed by atoms with Crippen molar-refractivity contribution < 1.29 is 22.7 Å². The number of amides is 2. The van der Waals surface area contributed by atoms with Crippen molar-refractivity contribution in [1.29, 1.82) is 0 Å². The second-order valence-electron chi connectivity index (χ2n) is 8.48. The van der Waals surface area contributed by atoms with Gasteiger partial charge < -0.3 is 15.0 Å². The molecule has 1 heterocycles. The van der Waals surface area contributed by atoms with Gasteiger partial charge in [0.1, 0.15) is 5.75 Å². The molecule has 188 valence electrons. The van der Waals surface area contributed by atoms with Crippen LogP contribution < -0.4 is 19.7 Å². The summed E-state index contributed by atoms with van der Waals surface area (Å²) in [6.07, 6.45) is -0.0525. The summed E-state index contributed by atoms with van der Waals surface area (Å²) in [5.74, 6) is -0.312. The Morgan fingerprint density at radius 1 is 1.03 bits per heavy atom. The van der Waals surface area contributed by atoms with Gasteiger partial charge in [0.05, 0.1) is 24.5 Å². The van der Waals surface area contributed by atoms with Crippen molar-refractivity contribution in [3.63, 3.8) is 0 Å². The number of rotatable bonds is 8. The lowest BCUT2D eigenvalue weighted by molar-refractivity contribution is -0.128. The van der Waals surface area contributed by atoms with Crippen LogP contribution in [0.25, 0.3) is 0 Å². The molecule has 0 radical (unpaired) electrons. The molecule has 0 bridgehead atoms. The van der Waals surface area contributed by atoms with Gasteiger partial charge in [-0.3, -0.25) is 9.59 Å². The lowest BCUT2D eigenvalue weighted by Crippen LogP contribution is -2.51. The van der Waals surface area contributed by atoms with E-state index in [1.54, 1.807) is 48.5 Å². The summed E-state index contributed by atoms with van der Waals surface area (Å²) in [6.45, 7) is 0.314. The molecule has 0 aromatic heterocycles. The molecular weight excluding hydrogens is 502 g/mol. The highest BCUT2D eigenvalue weighted by atomic mass is 35.5. The summed E-state index contributed by atoms with van der Waals surface area (Å²) in [5, 5.41) is 3.35. The fourth-order valence-corrected chi connectivity index (χ4v) is 4.83. The Morgan fingerprint density at radius 2 is 1.69 bits per heavy atom. The van der Waals surface area contributed by atoms with Crippen LogP contribution in [0, 0.1) is 0 Å². The molecule has 1 aliphatic heterocycles. The van der Waals surface area contributed by atoms with Gasteiger partial charge in [0.2, 0.25) is 15.9 Å². The molecule has 3 aromatic rings. The number of nitrogens with zero attached hydrogens (tertiary/aromatic N) is 1. The predicted octanol–water partition coefficient (Wildman–Crippen LogP) is 3.43. The number of para-hydroxylation sites is 2. The normalized spacial score (nSPS) is 15.9. The average Bonchev–Trinajstić information content (AvgIpc) is 2.86. The standard InChI is InChI=1S/C26H26ClN3O5S/c1-36(33,34)29-21(19-11-13-20(27)14-12-19)15-25(31)30-17-24(35-23-10-6-5-9-22(23)30)26(32)28-16-18-7-3-2-4-8-18/h2-14,21,24,29H,15-17H2,1H3,(H,28,32)/t21-,24-/m0/s1. The van der Waals surface area contributed by atoms with Gasteiger partial charge in [-0.1, -0.05) is 66.2 Å². The molecule has 3 aromatic carbocycles. The van der Waals surface area contributed by atoms with Gasteiger partial charge in [-0.2, -0.15) is 0 Å². The maximum absolute atomic E-state index is 13.5. The lowest BCUT2D eigenvalue weighted by atomic mass is 10.0. The first kappa shape index (κ1) is 25.7. The van der Waals surface area contributed by atoms with Crippen LogP contribution >= 0.6 is 11.6 Å². The first-order valence-electron chi connectivity index (χ1n) is 11.3. The fourth-order valence-electron chi connectivity index (χ4n) is 3.97. The van der Waals surface area contributed by atoms with E-state index in [4.69, 9.17) is 16.3 Å². The summed E-state index contributed by atoms with van der Waals surface area (Å²) >= 11 is 5.98. The Labute approximate surface area is 215 Å². The number of hydrogen-bond donors (Lipinski definition) is 2. The number of hydrogen-bond acceptors (Lipinski definition) is 5. The smallest absolute Gasteiger partial charge is 0.263 e. The molecule has 2 amide bonds. The SMILES string of the molecule is CS(=O)(=O)N[C@@H](CC(=O)N1C[C@@H](C(=O)NCc2ccccc2)Oc2ccccc21)c1ccc(Cl)cc1. The largest absolute Gasteiger partial charge is 0.477 e. The Hall–Kier alpha value is -3.40. The van der Waals surface area contributed by atoms with Gasteiger partial charge >= 0.3 is 0 Å². The first-order valence-corrected chi connectivity index (χ1v) is 13.6. The number of halogens is 1. The number of carbonyl (C=O) groups is 2. The number of carbonyl (C=O) groups excluding carboxylic acids is 2. The van der Waals surface area contributed by atoms with Gasteiger partial charge in [-0.25, -0.2) is 13.1 Å². The van der Waals surface area contributed by atoms with E-state index in [0.29, 0.717) is 28.6 Å². The lowest BCUT2D eigenvalue weighted by Gasteiger charge is -2.35.